The predicted octanol–water partition coefficient (Wildman–Crippen LogP) is 3.58. The molecule has 130 valence electrons. The summed E-state index contributed by atoms with van der Waals surface area (Å²) >= 11 is 0. The number of hydrazone groups is 1. The van der Waals surface area contributed by atoms with Gasteiger partial charge in [0.25, 0.3) is 5.91 Å². The summed E-state index contributed by atoms with van der Waals surface area (Å²) in [6.45, 7) is 5.77. The van der Waals surface area contributed by atoms with E-state index < -0.39 is 0 Å². The minimum absolute atomic E-state index is 0.272. The summed E-state index contributed by atoms with van der Waals surface area (Å²) in [6.07, 6.45) is 0. The van der Waals surface area contributed by atoms with Gasteiger partial charge in [0.1, 0.15) is 5.71 Å². The molecule has 26 heavy (non-hydrogen) atoms. The third-order valence-electron chi connectivity index (χ3n) is 3.81. The molecule has 2 heterocycles. The molecule has 3 aromatic rings. The van der Waals surface area contributed by atoms with Crippen molar-refractivity contribution in [3.8, 4) is 0 Å². The Morgan fingerprint density at radius 1 is 0.846 bits per heavy atom. The number of pyridine rings is 2. The average molecular weight is 344 g/mol. The van der Waals surface area contributed by atoms with Crippen LogP contribution in [0.3, 0.4) is 0 Å². The number of rotatable bonds is 4. The van der Waals surface area contributed by atoms with Crippen molar-refractivity contribution in [3.63, 3.8) is 0 Å². The van der Waals surface area contributed by atoms with Gasteiger partial charge in [0.05, 0.1) is 11.4 Å². The lowest BCUT2D eigenvalue weighted by atomic mass is 10.1. The van der Waals surface area contributed by atoms with E-state index in [2.05, 4.69) is 20.5 Å². The molecule has 2 aromatic heterocycles. The molecule has 0 bridgehead atoms. The number of carbonyl (C=O) groups is 1. The Labute approximate surface area is 152 Å². The molecule has 5 nitrogen and oxygen atoms in total. The third-order valence-corrected chi connectivity index (χ3v) is 3.81. The number of amides is 1. The largest absolute Gasteiger partial charge is 0.271 e. The first-order chi connectivity index (χ1) is 12.5. The molecule has 5 heteroatoms. The first-order valence-corrected chi connectivity index (χ1v) is 8.36. The SMILES string of the molecule is Cc1cccc(C(=O)NN=C(c2cccc(C)n2)c2cccc(C)n2)c1. The fraction of sp³-hybridized carbons (Fsp3) is 0.143. The van der Waals surface area contributed by atoms with Crippen LogP contribution in [0, 0.1) is 20.8 Å². The maximum atomic E-state index is 12.4. The molecule has 0 saturated carbocycles. The molecular formula is C21H20N4O. The topological polar surface area (TPSA) is 67.2 Å². The van der Waals surface area contributed by atoms with E-state index in [1.165, 1.54) is 0 Å². The lowest BCUT2D eigenvalue weighted by Crippen LogP contribution is -2.21. The van der Waals surface area contributed by atoms with Gasteiger partial charge in [0.2, 0.25) is 0 Å². The van der Waals surface area contributed by atoms with Crippen molar-refractivity contribution < 1.29 is 4.79 Å². The molecule has 0 unspecified atom stereocenters. The maximum Gasteiger partial charge on any atom is 0.271 e. The van der Waals surface area contributed by atoms with Crippen molar-refractivity contribution in [1.29, 1.82) is 0 Å². The van der Waals surface area contributed by atoms with Crippen LogP contribution < -0.4 is 5.43 Å². The number of nitrogens with zero attached hydrogens (tertiary/aromatic N) is 3. The first kappa shape index (κ1) is 17.5. The maximum absolute atomic E-state index is 12.4. The van der Waals surface area contributed by atoms with Crippen molar-refractivity contribution in [2.75, 3.05) is 0 Å². The van der Waals surface area contributed by atoms with E-state index in [9.17, 15) is 4.79 Å². The van der Waals surface area contributed by atoms with Gasteiger partial charge in [-0.2, -0.15) is 5.10 Å². The Morgan fingerprint density at radius 2 is 1.42 bits per heavy atom. The van der Waals surface area contributed by atoms with Crippen LogP contribution in [-0.2, 0) is 0 Å². The number of carbonyl (C=O) groups excluding carboxylic acids is 1. The molecular weight excluding hydrogens is 324 g/mol. The lowest BCUT2D eigenvalue weighted by molar-refractivity contribution is 0.0955. The lowest BCUT2D eigenvalue weighted by Gasteiger charge is -2.08. The van der Waals surface area contributed by atoms with Gasteiger partial charge >= 0.3 is 0 Å². The van der Waals surface area contributed by atoms with Crippen molar-refractivity contribution in [2.45, 2.75) is 20.8 Å². The molecule has 3 rings (SSSR count). The Bertz CT molecular complexity index is 932. The van der Waals surface area contributed by atoms with Gasteiger partial charge in [-0.1, -0.05) is 29.8 Å². The minimum Gasteiger partial charge on any atom is -0.267 e. The number of aromatic nitrogens is 2. The number of benzene rings is 1. The highest BCUT2D eigenvalue weighted by atomic mass is 16.2. The van der Waals surface area contributed by atoms with E-state index in [0.717, 1.165) is 17.0 Å². The van der Waals surface area contributed by atoms with Gasteiger partial charge in [-0.25, -0.2) is 5.43 Å². The van der Waals surface area contributed by atoms with Gasteiger partial charge in [-0.3, -0.25) is 14.8 Å². The summed E-state index contributed by atoms with van der Waals surface area (Å²) in [6, 6.07) is 18.7. The fourth-order valence-electron chi connectivity index (χ4n) is 2.55. The van der Waals surface area contributed by atoms with Crippen LogP contribution in [0.1, 0.15) is 38.7 Å². The summed E-state index contributed by atoms with van der Waals surface area (Å²) in [5.74, 6) is -0.272. The van der Waals surface area contributed by atoms with E-state index in [-0.39, 0.29) is 5.91 Å². The molecule has 0 aliphatic rings. The van der Waals surface area contributed by atoms with Gasteiger partial charge in [0.15, 0.2) is 0 Å². The average Bonchev–Trinajstić information content (AvgIpc) is 2.62. The molecule has 0 spiro atoms. The van der Waals surface area contributed by atoms with Crippen LogP contribution >= 0.6 is 0 Å². The molecule has 1 aromatic carbocycles. The molecule has 0 aliphatic carbocycles. The van der Waals surface area contributed by atoms with Crippen LogP contribution in [0.2, 0.25) is 0 Å². The summed E-state index contributed by atoms with van der Waals surface area (Å²) in [4.78, 5) is 21.5. The molecule has 0 atom stereocenters. The Balaban J connectivity index is 1.97. The highest BCUT2D eigenvalue weighted by Crippen LogP contribution is 2.09. The molecule has 1 amide bonds. The van der Waals surface area contributed by atoms with E-state index >= 15 is 0 Å². The third kappa shape index (κ3) is 4.19. The summed E-state index contributed by atoms with van der Waals surface area (Å²) < 4.78 is 0. The van der Waals surface area contributed by atoms with Gasteiger partial charge in [-0.05, 0) is 57.2 Å². The quantitative estimate of drug-likeness (QED) is 0.581. The van der Waals surface area contributed by atoms with Crippen LogP contribution in [0.25, 0.3) is 0 Å². The van der Waals surface area contributed by atoms with E-state index in [4.69, 9.17) is 0 Å². The van der Waals surface area contributed by atoms with Crippen LogP contribution in [0.4, 0.5) is 0 Å². The van der Waals surface area contributed by atoms with Crippen molar-refractivity contribution in [3.05, 3.63) is 94.6 Å². The number of hydrogen-bond donors (Lipinski definition) is 1. The van der Waals surface area contributed by atoms with Crippen molar-refractivity contribution in [1.82, 2.24) is 15.4 Å². The van der Waals surface area contributed by atoms with Crippen LogP contribution in [0.5, 0.6) is 0 Å². The Morgan fingerprint density at radius 3 is 1.96 bits per heavy atom. The predicted molar refractivity (Wildman–Crippen MR) is 102 cm³/mol. The normalized spacial score (nSPS) is 10.3. The zero-order valence-corrected chi connectivity index (χ0v) is 15.0. The van der Waals surface area contributed by atoms with E-state index in [0.29, 0.717) is 22.7 Å². The van der Waals surface area contributed by atoms with Crippen molar-refractivity contribution >= 4 is 11.6 Å². The second-order valence-electron chi connectivity index (χ2n) is 6.10. The fourth-order valence-corrected chi connectivity index (χ4v) is 2.55. The molecule has 0 saturated heterocycles. The zero-order chi connectivity index (χ0) is 18.5. The van der Waals surface area contributed by atoms with Crippen LogP contribution in [-0.4, -0.2) is 21.6 Å². The second-order valence-corrected chi connectivity index (χ2v) is 6.10. The van der Waals surface area contributed by atoms with Crippen LogP contribution in [0.15, 0.2) is 65.8 Å². The van der Waals surface area contributed by atoms with Gasteiger partial charge in [0, 0.05) is 17.0 Å². The Hall–Kier alpha value is -3.34. The minimum atomic E-state index is -0.272. The monoisotopic (exact) mass is 344 g/mol. The van der Waals surface area contributed by atoms with Gasteiger partial charge in [-0.15, -0.1) is 0 Å². The van der Waals surface area contributed by atoms with Crippen molar-refractivity contribution in [2.24, 2.45) is 5.10 Å². The molecule has 0 fully saturated rings. The first-order valence-electron chi connectivity index (χ1n) is 8.36. The summed E-state index contributed by atoms with van der Waals surface area (Å²) in [7, 11) is 0. The van der Waals surface area contributed by atoms with E-state index in [1.54, 1.807) is 6.07 Å². The molecule has 1 N–H and O–H groups in total. The Kier molecular flexibility index (Phi) is 5.17. The van der Waals surface area contributed by atoms with Gasteiger partial charge < -0.3 is 0 Å². The van der Waals surface area contributed by atoms with E-state index in [1.807, 2.05) is 75.4 Å². The zero-order valence-electron chi connectivity index (χ0n) is 15.0. The molecule has 0 radical (unpaired) electrons. The number of hydrogen-bond acceptors (Lipinski definition) is 4. The summed E-state index contributed by atoms with van der Waals surface area (Å²) in [5.41, 5.74) is 7.79. The standard InChI is InChI=1S/C21H20N4O/c1-14-7-4-10-17(13-14)21(26)25-24-20(18-11-5-8-15(2)22-18)19-12-6-9-16(3)23-19/h4-13H,1-3H3,(H,25,26). The smallest absolute Gasteiger partial charge is 0.267 e. The highest BCUT2D eigenvalue weighted by molar-refractivity contribution is 6.11. The highest BCUT2D eigenvalue weighted by Gasteiger charge is 2.12. The number of nitrogens with one attached hydrogen (secondary N) is 1. The second kappa shape index (κ2) is 7.70. The number of aryl methyl sites for hydroxylation is 3. The molecule has 0 aliphatic heterocycles. The summed E-state index contributed by atoms with van der Waals surface area (Å²) in [5, 5.41) is 4.34.